The molecule has 7 heteroatoms. The lowest BCUT2D eigenvalue weighted by molar-refractivity contribution is -0.402. The van der Waals surface area contributed by atoms with E-state index in [4.69, 9.17) is 4.42 Å². The van der Waals surface area contributed by atoms with Crippen LogP contribution in [0.15, 0.2) is 83.3 Å². The zero-order valence-corrected chi connectivity index (χ0v) is 18.2. The molecule has 4 rings (SSSR count). The summed E-state index contributed by atoms with van der Waals surface area (Å²) in [5.74, 6) is -0.266. The molecule has 33 heavy (non-hydrogen) atoms. The smallest absolute Gasteiger partial charge is 0.401 e. The van der Waals surface area contributed by atoms with Crippen molar-refractivity contribution >= 4 is 29.5 Å². The Morgan fingerprint density at radius 2 is 1.67 bits per heavy atom. The highest BCUT2D eigenvalue weighted by Gasteiger charge is 2.16. The van der Waals surface area contributed by atoms with E-state index < -0.39 is 4.92 Å². The molecule has 1 saturated heterocycles. The molecule has 0 aliphatic carbocycles. The summed E-state index contributed by atoms with van der Waals surface area (Å²) in [6.07, 6.45) is 7.16. The van der Waals surface area contributed by atoms with E-state index in [1.54, 1.807) is 0 Å². The molecule has 3 aromatic rings. The number of nitrogens with zero attached hydrogens (tertiary/aromatic N) is 3. The molecule has 0 N–H and O–H groups in total. The lowest BCUT2D eigenvalue weighted by atomic mass is 10.1. The molecule has 1 fully saturated rings. The molecule has 0 unspecified atom stereocenters. The number of furan rings is 1. The van der Waals surface area contributed by atoms with Crippen molar-refractivity contribution < 1.29 is 14.1 Å². The Kier molecular flexibility index (Phi) is 7.12. The van der Waals surface area contributed by atoms with E-state index in [1.807, 2.05) is 42.5 Å². The van der Waals surface area contributed by atoms with Gasteiger partial charge in [-0.25, -0.2) is 0 Å². The molecule has 0 amide bonds. The Bertz CT molecular complexity index is 1140. The lowest BCUT2D eigenvalue weighted by Gasteiger charge is -2.35. The zero-order valence-electron chi connectivity index (χ0n) is 18.2. The van der Waals surface area contributed by atoms with Crippen LogP contribution in [0.3, 0.4) is 0 Å². The number of piperazine rings is 1. The molecule has 0 atom stereocenters. The number of benzene rings is 2. The number of hydrogen-bond acceptors (Lipinski definition) is 6. The molecular formula is C26H25N3O4. The first-order valence-corrected chi connectivity index (χ1v) is 10.8. The van der Waals surface area contributed by atoms with Gasteiger partial charge in [0.05, 0.1) is 6.07 Å². The second-order valence-corrected chi connectivity index (χ2v) is 7.78. The Labute approximate surface area is 192 Å². The maximum absolute atomic E-state index is 12.4. The molecule has 1 aliphatic rings. The van der Waals surface area contributed by atoms with E-state index in [2.05, 4.69) is 34.1 Å². The number of carbonyl (C=O) groups is 1. The van der Waals surface area contributed by atoms with E-state index in [0.717, 1.165) is 38.4 Å². The van der Waals surface area contributed by atoms with E-state index in [1.165, 1.54) is 29.8 Å². The molecule has 7 nitrogen and oxygen atoms in total. The van der Waals surface area contributed by atoms with Crippen molar-refractivity contribution in [2.75, 3.05) is 37.6 Å². The van der Waals surface area contributed by atoms with Crippen LogP contribution < -0.4 is 4.90 Å². The highest BCUT2D eigenvalue weighted by atomic mass is 16.6. The van der Waals surface area contributed by atoms with E-state index >= 15 is 0 Å². The average molecular weight is 444 g/mol. The lowest BCUT2D eigenvalue weighted by Crippen LogP contribution is -2.46. The van der Waals surface area contributed by atoms with Gasteiger partial charge in [0.25, 0.3) is 0 Å². The van der Waals surface area contributed by atoms with Gasteiger partial charge in [0.15, 0.2) is 5.78 Å². The maximum Gasteiger partial charge on any atom is 0.433 e. The van der Waals surface area contributed by atoms with Crippen LogP contribution in [0.1, 0.15) is 21.7 Å². The minimum atomic E-state index is -0.612. The first-order valence-electron chi connectivity index (χ1n) is 10.8. The molecular weight excluding hydrogens is 418 g/mol. The summed E-state index contributed by atoms with van der Waals surface area (Å²) in [7, 11) is 0. The van der Waals surface area contributed by atoms with Crippen LogP contribution in [0.5, 0.6) is 0 Å². The minimum absolute atomic E-state index is 0.185. The second-order valence-electron chi connectivity index (χ2n) is 7.78. The topological polar surface area (TPSA) is 79.8 Å². The van der Waals surface area contributed by atoms with Crippen molar-refractivity contribution in [1.29, 1.82) is 0 Å². The van der Waals surface area contributed by atoms with Crippen LogP contribution in [0, 0.1) is 10.1 Å². The molecule has 0 bridgehead atoms. The Morgan fingerprint density at radius 1 is 0.939 bits per heavy atom. The number of allylic oxidation sites excluding steroid dienone is 1. The van der Waals surface area contributed by atoms with Gasteiger partial charge in [0.1, 0.15) is 10.7 Å². The number of anilines is 1. The first-order chi connectivity index (χ1) is 16.1. The standard InChI is InChI=1S/C26H25N3O4/c30-25(14-12-24-13-15-26(33-24)29(31)32)22-8-10-23(11-9-22)28-19-17-27(18-20-28)16-4-7-21-5-2-1-3-6-21/h1-15H,16-20H2/b7-4+,14-12+. The van der Waals surface area contributed by atoms with Crippen molar-refractivity contribution in [3.05, 3.63) is 106 Å². The Hall–Kier alpha value is -3.97. The van der Waals surface area contributed by atoms with Gasteiger partial charge in [-0.05, 0) is 48.0 Å². The van der Waals surface area contributed by atoms with Gasteiger partial charge in [-0.3, -0.25) is 19.8 Å². The van der Waals surface area contributed by atoms with Gasteiger partial charge >= 0.3 is 5.88 Å². The predicted molar refractivity (Wildman–Crippen MR) is 129 cm³/mol. The van der Waals surface area contributed by atoms with Crippen molar-refractivity contribution in [3.63, 3.8) is 0 Å². The zero-order chi connectivity index (χ0) is 23.0. The van der Waals surface area contributed by atoms with Crippen molar-refractivity contribution in [2.45, 2.75) is 0 Å². The van der Waals surface area contributed by atoms with Crippen molar-refractivity contribution in [3.8, 4) is 0 Å². The summed E-state index contributed by atoms with van der Waals surface area (Å²) in [5.41, 5.74) is 2.86. The summed E-state index contributed by atoms with van der Waals surface area (Å²) < 4.78 is 5.03. The fourth-order valence-corrected chi connectivity index (χ4v) is 3.71. The summed E-state index contributed by atoms with van der Waals surface area (Å²) in [4.78, 5) is 27.2. The monoisotopic (exact) mass is 443 g/mol. The molecule has 168 valence electrons. The van der Waals surface area contributed by atoms with Gasteiger partial charge in [0, 0.05) is 44.0 Å². The summed E-state index contributed by atoms with van der Waals surface area (Å²) in [6, 6.07) is 20.6. The number of hydrogen-bond donors (Lipinski definition) is 0. The third-order valence-corrected chi connectivity index (χ3v) is 5.55. The van der Waals surface area contributed by atoms with Gasteiger partial charge in [-0.15, -0.1) is 0 Å². The molecule has 0 radical (unpaired) electrons. The average Bonchev–Trinajstić information content (AvgIpc) is 3.33. The fourth-order valence-electron chi connectivity index (χ4n) is 3.71. The van der Waals surface area contributed by atoms with Crippen LogP contribution in [0.4, 0.5) is 11.6 Å². The van der Waals surface area contributed by atoms with Crippen LogP contribution >= 0.6 is 0 Å². The minimum Gasteiger partial charge on any atom is -0.401 e. The van der Waals surface area contributed by atoms with Gasteiger partial charge < -0.3 is 9.32 Å². The first kappa shape index (κ1) is 22.2. The van der Waals surface area contributed by atoms with Crippen molar-refractivity contribution in [2.24, 2.45) is 0 Å². The normalized spacial score (nSPS) is 14.8. The quantitative estimate of drug-likeness (QED) is 0.213. The summed E-state index contributed by atoms with van der Waals surface area (Å²) >= 11 is 0. The Morgan fingerprint density at radius 3 is 2.33 bits per heavy atom. The molecule has 1 aliphatic heterocycles. The molecule has 2 aromatic carbocycles. The highest BCUT2D eigenvalue weighted by molar-refractivity contribution is 6.06. The largest absolute Gasteiger partial charge is 0.433 e. The van der Waals surface area contributed by atoms with E-state index in [-0.39, 0.29) is 17.4 Å². The summed E-state index contributed by atoms with van der Waals surface area (Å²) in [6.45, 7) is 4.77. The molecule has 2 heterocycles. The second kappa shape index (κ2) is 10.6. The fraction of sp³-hybridized carbons (Fsp3) is 0.192. The van der Waals surface area contributed by atoms with E-state index in [9.17, 15) is 14.9 Å². The SMILES string of the molecule is O=C(/C=C/c1ccc([N+](=O)[O-])o1)c1ccc(N2CCN(C/C=C/c3ccccc3)CC2)cc1. The number of carbonyl (C=O) groups excluding carboxylic acids is 1. The van der Waals surface area contributed by atoms with Gasteiger partial charge in [-0.1, -0.05) is 42.5 Å². The number of rotatable bonds is 8. The van der Waals surface area contributed by atoms with Gasteiger partial charge in [0.2, 0.25) is 0 Å². The number of nitro groups is 1. The molecule has 1 aromatic heterocycles. The predicted octanol–water partition coefficient (Wildman–Crippen LogP) is 4.92. The highest BCUT2D eigenvalue weighted by Crippen LogP contribution is 2.19. The molecule has 0 spiro atoms. The van der Waals surface area contributed by atoms with Crippen LogP contribution in [-0.2, 0) is 0 Å². The third-order valence-electron chi connectivity index (χ3n) is 5.55. The van der Waals surface area contributed by atoms with Gasteiger partial charge in [-0.2, -0.15) is 0 Å². The summed E-state index contributed by atoms with van der Waals surface area (Å²) in [5, 5.41) is 10.7. The number of ketones is 1. The maximum atomic E-state index is 12.4. The van der Waals surface area contributed by atoms with Crippen molar-refractivity contribution in [1.82, 2.24) is 4.90 Å². The van der Waals surface area contributed by atoms with Crippen LogP contribution in [0.25, 0.3) is 12.2 Å². The van der Waals surface area contributed by atoms with E-state index in [0.29, 0.717) is 5.56 Å². The molecule has 0 saturated carbocycles. The Balaban J connectivity index is 1.27. The van der Waals surface area contributed by atoms with Crippen LogP contribution in [0.2, 0.25) is 0 Å². The third kappa shape index (κ3) is 6.05. The van der Waals surface area contributed by atoms with Crippen LogP contribution in [-0.4, -0.2) is 48.3 Å².